The lowest BCUT2D eigenvalue weighted by Crippen LogP contribution is -2.24. The Balaban J connectivity index is 3.00. The molecule has 0 aromatic carbocycles. The zero-order valence-corrected chi connectivity index (χ0v) is 8.96. The molecule has 1 heterocycles. The molecule has 16 heavy (non-hydrogen) atoms. The van der Waals surface area contributed by atoms with Gasteiger partial charge in [-0.2, -0.15) is 5.26 Å². The molecule has 1 aromatic heterocycles. The van der Waals surface area contributed by atoms with E-state index in [9.17, 15) is 10.1 Å². The first-order valence-electron chi connectivity index (χ1n) is 4.91. The molecule has 6 nitrogen and oxygen atoms in total. The summed E-state index contributed by atoms with van der Waals surface area (Å²) in [6.07, 6.45) is 3.08. The summed E-state index contributed by atoms with van der Waals surface area (Å²) in [7, 11) is 0. The standard InChI is InChI=1S/C10H12N4O2/c1-2-13(7-3-5-11)9-4-6-12-8-10(9)14(15)16/h4,6,8H,2-3,7H2,1H3. The zero-order chi connectivity index (χ0) is 12.0. The molecule has 0 N–H and O–H groups in total. The maximum atomic E-state index is 10.8. The lowest BCUT2D eigenvalue weighted by molar-refractivity contribution is -0.384. The van der Waals surface area contributed by atoms with Crippen LogP contribution < -0.4 is 4.90 Å². The molecule has 0 unspecified atom stereocenters. The molecule has 0 radical (unpaired) electrons. The number of nitro groups is 1. The quantitative estimate of drug-likeness (QED) is 0.557. The van der Waals surface area contributed by atoms with E-state index in [0.29, 0.717) is 25.2 Å². The number of aromatic nitrogens is 1. The van der Waals surface area contributed by atoms with E-state index in [1.807, 2.05) is 13.0 Å². The van der Waals surface area contributed by atoms with Crippen molar-refractivity contribution in [3.8, 4) is 6.07 Å². The van der Waals surface area contributed by atoms with Gasteiger partial charge in [0.25, 0.3) is 0 Å². The van der Waals surface area contributed by atoms with Gasteiger partial charge in [-0.05, 0) is 13.0 Å². The minimum Gasteiger partial charge on any atom is -0.365 e. The lowest BCUT2D eigenvalue weighted by atomic mass is 10.3. The molecule has 0 atom stereocenters. The fraction of sp³-hybridized carbons (Fsp3) is 0.400. The molecule has 1 aromatic rings. The van der Waals surface area contributed by atoms with Gasteiger partial charge in [0.15, 0.2) is 0 Å². The Morgan fingerprint density at radius 1 is 1.69 bits per heavy atom. The largest absolute Gasteiger partial charge is 0.365 e. The van der Waals surface area contributed by atoms with Crippen LogP contribution in [0.4, 0.5) is 11.4 Å². The van der Waals surface area contributed by atoms with E-state index in [1.54, 1.807) is 11.0 Å². The van der Waals surface area contributed by atoms with Crippen molar-refractivity contribution < 1.29 is 4.92 Å². The number of pyridine rings is 1. The molecule has 6 heteroatoms. The first-order chi connectivity index (χ1) is 7.70. The fourth-order valence-corrected chi connectivity index (χ4v) is 1.42. The van der Waals surface area contributed by atoms with Gasteiger partial charge in [-0.3, -0.25) is 15.1 Å². The van der Waals surface area contributed by atoms with Crippen LogP contribution in [0.2, 0.25) is 0 Å². The van der Waals surface area contributed by atoms with E-state index in [0.717, 1.165) is 0 Å². The molecule has 0 amide bonds. The molecule has 84 valence electrons. The van der Waals surface area contributed by atoms with Crippen molar-refractivity contribution in [3.05, 3.63) is 28.6 Å². The summed E-state index contributed by atoms with van der Waals surface area (Å²) in [6, 6.07) is 3.62. The SMILES string of the molecule is CCN(CCC#N)c1ccncc1[N+](=O)[O-]. The summed E-state index contributed by atoms with van der Waals surface area (Å²) < 4.78 is 0. The summed E-state index contributed by atoms with van der Waals surface area (Å²) in [4.78, 5) is 15.9. The van der Waals surface area contributed by atoms with Crippen LogP contribution in [0.5, 0.6) is 0 Å². The normalized spacial score (nSPS) is 9.50. The van der Waals surface area contributed by atoms with E-state index in [4.69, 9.17) is 5.26 Å². The Kier molecular flexibility index (Phi) is 4.21. The molecular weight excluding hydrogens is 208 g/mol. The molecule has 0 saturated carbocycles. The maximum absolute atomic E-state index is 10.8. The topological polar surface area (TPSA) is 83.1 Å². The van der Waals surface area contributed by atoms with Gasteiger partial charge in [0.2, 0.25) is 0 Å². The molecule has 0 spiro atoms. The maximum Gasteiger partial charge on any atom is 0.310 e. The monoisotopic (exact) mass is 220 g/mol. The van der Waals surface area contributed by atoms with Crippen molar-refractivity contribution >= 4 is 11.4 Å². The Morgan fingerprint density at radius 3 is 3.00 bits per heavy atom. The second-order valence-corrected chi connectivity index (χ2v) is 3.11. The van der Waals surface area contributed by atoms with Crippen molar-refractivity contribution in [3.63, 3.8) is 0 Å². The Bertz CT molecular complexity index is 414. The molecule has 0 saturated heterocycles. The third-order valence-corrected chi connectivity index (χ3v) is 2.19. The van der Waals surface area contributed by atoms with Gasteiger partial charge in [0, 0.05) is 19.3 Å². The van der Waals surface area contributed by atoms with E-state index in [-0.39, 0.29) is 5.69 Å². The third kappa shape index (κ3) is 2.67. The summed E-state index contributed by atoms with van der Waals surface area (Å²) >= 11 is 0. The summed E-state index contributed by atoms with van der Waals surface area (Å²) in [5.74, 6) is 0. The van der Waals surface area contributed by atoms with Gasteiger partial charge in [-0.1, -0.05) is 0 Å². The highest BCUT2D eigenvalue weighted by molar-refractivity contribution is 5.61. The van der Waals surface area contributed by atoms with Crippen LogP contribution in [0.1, 0.15) is 13.3 Å². The van der Waals surface area contributed by atoms with E-state index < -0.39 is 4.92 Å². The second kappa shape index (κ2) is 5.66. The van der Waals surface area contributed by atoms with Crippen LogP contribution in [-0.2, 0) is 0 Å². The Hall–Kier alpha value is -2.16. The average molecular weight is 220 g/mol. The van der Waals surface area contributed by atoms with E-state index >= 15 is 0 Å². The molecule has 0 aliphatic carbocycles. The van der Waals surface area contributed by atoms with Crippen LogP contribution in [0.3, 0.4) is 0 Å². The van der Waals surface area contributed by atoms with Crippen LogP contribution in [-0.4, -0.2) is 23.0 Å². The van der Waals surface area contributed by atoms with Crippen molar-refractivity contribution in [1.82, 2.24) is 4.98 Å². The van der Waals surface area contributed by atoms with Crippen LogP contribution in [0, 0.1) is 21.4 Å². The predicted molar refractivity (Wildman–Crippen MR) is 59.0 cm³/mol. The highest BCUT2D eigenvalue weighted by Crippen LogP contribution is 2.26. The first-order valence-corrected chi connectivity index (χ1v) is 4.91. The second-order valence-electron chi connectivity index (χ2n) is 3.11. The number of rotatable bonds is 5. The fourth-order valence-electron chi connectivity index (χ4n) is 1.42. The van der Waals surface area contributed by atoms with Crippen molar-refractivity contribution in [2.75, 3.05) is 18.0 Å². The van der Waals surface area contributed by atoms with Crippen LogP contribution in [0.25, 0.3) is 0 Å². The Labute approximate surface area is 93.3 Å². The van der Waals surface area contributed by atoms with Crippen molar-refractivity contribution in [1.29, 1.82) is 5.26 Å². The number of hydrogen-bond acceptors (Lipinski definition) is 5. The van der Waals surface area contributed by atoms with E-state index in [2.05, 4.69) is 4.98 Å². The van der Waals surface area contributed by atoms with Crippen LogP contribution in [0.15, 0.2) is 18.5 Å². The van der Waals surface area contributed by atoms with Gasteiger partial charge in [-0.15, -0.1) is 0 Å². The van der Waals surface area contributed by atoms with E-state index in [1.165, 1.54) is 12.4 Å². The molecule has 1 rings (SSSR count). The predicted octanol–water partition coefficient (Wildman–Crippen LogP) is 1.73. The number of anilines is 1. The van der Waals surface area contributed by atoms with Gasteiger partial charge in [-0.25, -0.2) is 0 Å². The van der Waals surface area contributed by atoms with Gasteiger partial charge in [0.1, 0.15) is 11.9 Å². The minimum absolute atomic E-state index is 0.0257. The molecule has 0 bridgehead atoms. The molecule has 0 aliphatic heterocycles. The molecular formula is C10H12N4O2. The molecule has 0 aliphatic rings. The molecule has 0 fully saturated rings. The lowest BCUT2D eigenvalue weighted by Gasteiger charge is -2.20. The smallest absolute Gasteiger partial charge is 0.310 e. The van der Waals surface area contributed by atoms with Crippen molar-refractivity contribution in [2.45, 2.75) is 13.3 Å². The number of hydrogen-bond donors (Lipinski definition) is 0. The van der Waals surface area contributed by atoms with Gasteiger partial charge in [0.05, 0.1) is 17.4 Å². The summed E-state index contributed by atoms with van der Waals surface area (Å²) in [6.45, 7) is 2.99. The van der Waals surface area contributed by atoms with Crippen LogP contribution >= 0.6 is 0 Å². The minimum atomic E-state index is -0.461. The highest BCUT2D eigenvalue weighted by Gasteiger charge is 2.17. The first kappa shape index (κ1) is 11.9. The number of nitriles is 1. The Morgan fingerprint density at radius 2 is 2.44 bits per heavy atom. The van der Waals surface area contributed by atoms with Gasteiger partial charge >= 0.3 is 5.69 Å². The van der Waals surface area contributed by atoms with Crippen molar-refractivity contribution in [2.24, 2.45) is 0 Å². The summed E-state index contributed by atoms with van der Waals surface area (Å²) in [5.41, 5.74) is 0.486. The number of nitrogens with zero attached hydrogens (tertiary/aromatic N) is 4. The average Bonchev–Trinajstić information content (AvgIpc) is 2.30. The van der Waals surface area contributed by atoms with Gasteiger partial charge < -0.3 is 4.90 Å². The zero-order valence-electron chi connectivity index (χ0n) is 8.96. The highest BCUT2D eigenvalue weighted by atomic mass is 16.6. The third-order valence-electron chi connectivity index (χ3n) is 2.19. The summed E-state index contributed by atoms with van der Waals surface area (Å²) in [5, 5.41) is 19.3.